The minimum absolute atomic E-state index is 0.0928. The van der Waals surface area contributed by atoms with Crippen molar-refractivity contribution in [2.75, 3.05) is 19.7 Å². The fourth-order valence-electron chi connectivity index (χ4n) is 3.18. The molecule has 1 aromatic rings. The number of rotatable bonds is 5. The molecular formula is C15H25N3O. The Morgan fingerprint density at radius 1 is 1.47 bits per heavy atom. The highest BCUT2D eigenvalue weighted by Crippen LogP contribution is 2.29. The predicted octanol–water partition coefficient (Wildman–Crippen LogP) is 1.56. The molecule has 3 unspecified atom stereocenters. The summed E-state index contributed by atoms with van der Waals surface area (Å²) in [5.74, 6) is 0.599. The molecule has 4 nitrogen and oxygen atoms in total. The molecule has 1 saturated heterocycles. The third-order valence-corrected chi connectivity index (χ3v) is 4.03. The minimum atomic E-state index is 0.0928. The average Bonchev–Trinajstić information content (AvgIpc) is 2.40. The number of aromatic nitrogens is 1. The van der Waals surface area contributed by atoms with Crippen molar-refractivity contribution in [3.05, 3.63) is 30.1 Å². The van der Waals surface area contributed by atoms with Crippen molar-refractivity contribution < 1.29 is 5.11 Å². The van der Waals surface area contributed by atoms with Crippen LogP contribution in [0.15, 0.2) is 24.5 Å². The number of hydrogen-bond donors (Lipinski definition) is 2. The zero-order chi connectivity index (χ0) is 13.7. The third kappa shape index (κ3) is 3.75. The summed E-state index contributed by atoms with van der Waals surface area (Å²) in [6, 6.07) is 4.47. The molecule has 3 N–H and O–H groups in total. The molecule has 3 atom stereocenters. The summed E-state index contributed by atoms with van der Waals surface area (Å²) in [4.78, 5) is 6.56. The first-order valence-electron chi connectivity index (χ1n) is 7.22. The average molecular weight is 263 g/mol. The second-order valence-electron chi connectivity index (χ2n) is 5.60. The molecule has 1 aliphatic rings. The van der Waals surface area contributed by atoms with E-state index in [-0.39, 0.29) is 18.7 Å². The van der Waals surface area contributed by atoms with Gasteiger partial charge < -0.3 is 10.8 Å². The fraction of sp³-hybridized carbons (Fsp3) is 0.667. The van der Waals surface area contributed by atoms with Crippen LogP contribution in [0.4, 0.5) is 0 Å². The smallest absolute Gasteiger partial charge is 0.0497 e. The summed E-state index contributed by atoms with van der Waals surface area (Å²) in [5, 5.41) is 9.12. The maximum atomic E-state index is 9.12. The number of likely N-dealkylation sites (tertiary alicyclic amines) is 1. The van der Waals surface area contributed by atoms with Crippen molar-refractivity contribution in [2.24, 2.45) is 11.7 Å². The monoisotopic (exact) mass is 263 g/mol. The first-order valence-corrected chi connectivity index (χ1v) is 7.22. The van der Waals surface area contributed by atoms with Gasteiger partial charge in [0.1, 0.15) is 0 Å². The van der Waals surface area contributed by atoms with Crippen LogP contribution in [0, 0.1) is 5.92 Å². The van der Waals surface area contributed by atoms with Gasteiger partial charge in [-0.15, -0.1) is 0 Å². The molecule has 0 spiro atoms. The van der Waals surface area contributed by atoms with Gasteiger partial charge in [-0.3, -0.25) is 9.88 Å². The number of hydrogen-bond acceptors (Lipinski definition) is 4. The van der Waals surface area contributed by atoms with Crippen molar-refractivity contribution >= 4 is 0 Å². The number of piperidine rings is 1. The van der Waals surface area contributed by atoms with Gasteiger partial charge in [0.15, 0.2) is 0 Å². The zero-order valence-electron chi connectivity index (χ0n) is 11.7. The molecule has 1 aliphatic heterocycles. The lowest BCUT2D eigenvalue weighted by Gasteiger charge is -2.40. The Bertz CT molecular complexity index is 367. The molecule has 0 amide bonds. The van der Waals surface area contributed by atoms with Gasteiger partial charge in [-0.1, -0.05) is 0 Å². The van der Waals surface area contributed by atoms with E-state index < -0.39 is 0 Å². The van der Waals surface area contributed by atoms with Gasteiger partial charge in [-0.05, 0) is 56.3 Å². The second-order valence-corrected chi connectivity index (χ2v) is 5.60. The molecule has 0 bridgehead atoms. The number of aliphatic hydroxyl groups is 1. The van der Waals surface area contributed by atoms with E-state index in [2.05, 4.69) is 28.9 Å². The van der Waals surface area contributed by atoms with Gasteiger partial charge in [0.05, 0.1) is 0 Å². The summed E-state index contributed by atoms with van der Waals surface area (Å²) in [5.41, 5.74) is 7.45. The lowest BCUT2D eigenvalue weighted by molar-refractivity contribution is 0.0967. The first kappa shape index (κ1) is 14.4. The maximum Gasteiger partial charge on any atom is 0.0497 e. The second kappa shape index (κ2) is 6.98. The van der Waals surface area contributed by atoms with Crippen LogP contribution >= 0.6 is 0 Å². The van der Waals surface area contributed by atoms with Crippen molar-refractivity contribution in [1.29, 1.82) is 0 Å². The lowest BCUT2D eigenvalue weighted by Crippen LogP contribution is -2.44. The topological polar surface area (TPSA) is 62.4 Å². The van der Waals surface area contributed by atoms with E-state index in [4.69, 9.17) is 10.8 Å². The van der Waals surface area contributed by atoms with Crippen molar-refractivity contribution in [1.82, 2.24) is 9.88 Å². The standard InChI is InChI=1S/C15H25N3O/c1-12(16)15(14-4-7-17-8-5-14)18-9-2-3-13(11-18)6-10-19/h4-5,7-8,12-13,15,19H,2-3,6,9-11,16H2,1H3. The molecule has 19 heavy (non-hydrogen) atoms. The van der Waals surface area contributed by atoms with Gasteiger partial charge in [0.25, 0.3) is 0 Å². The Labute approximate surface area is 115 Å². The highest BCUT2D eigenvalue weighted by atomic mass is 16.3. The quantitative estimate of drug-likeness (QED) is 0.846. The Kier molecular flexibility index (Phi) is 5.31. The summed E-state index contributed by atoms with van der Waals surface area (Å²) in [6.07, 6.45) is 6.98. The van der Waals surface area contributed by atoms with Crippen molar-refractivity contribution in [3.63, 3.8) is 0 Å². The van der Waals surface area contributed by atoms with Crippen LogP contribution in [0.2, 0.25) is 0 Å². The zero-order valence-corrected chi connectivity index (χ0v) is 11.7. The van der Waals surface area contributed by atoms with Crippen LogP contribution in [0.25, 0.3) is 0 Å². The molecule has 2 heterocycles. The summed E-state index contributed by atoms with van der Waals surface area (Å²) in [6.45, 7) is 4.49. The summed E-state index contributed by atoms with van der Waals surface area (Å²) < 4.78 is 0. The van der Waals surface area contributed by atoms with Gasteiger partial charge in [0, 0.05) is 37.6 Å². The Morgan fingerprint density at radius 2 is 2.21 bits per heavy atom. The van der Waals surface area contributed by atoms with E-state index in [1.54, 1.807) is 0 Å². The van der Waals surface area contributed by atoms with E-state index in [1.807, 2.05) is 12.4 Å². The van der Waals surface area contributed by atoms with E-state index in [0.29, 0.717) is 5.92 Å². The maximum absolute atomic E-state index is 9.12. The Balaban J connectivity index is 2.11. The van der Waals surface area contributed by atoms with Gasteiger partial charge in [-0.2, -0.15) is 0 Å². The van der Waals surface area contributed by atoms with Crippen LogP contribution in [-0.2, 0) is 0 Å². The Morgan fingerprint density at radius 3 is 2.84 bits per heavy atom. The van der Waals surface area contributed by atoms with E-state index in [1.165, 1.54) is 18.4 Å². The van der Waals surface area contributed by atoms with Crippen LogP contribution in [0.1, 0.15) is 37.8 Å². The van der Waals surface area contributed by atoms with Crippen LogP contribution in [-0.4, -0.2) is 40.7 Å². The van der Waals surface area contributed by atoms with Crippen LogP contribution in [0.3, 0.4) is 0 Å². The van der Waals surface area contributed by atoms with Crippen molar-refractivity contribution in [2.45, 2.75) is 38.3 Å². The Hall–Kier alpha value is -0.970. The van der Waals surface area contributed by atoms with Crippen LogP contribution < -0.4 is 5.73 Å². The van der Waals surface area contributed by atoms with Gasteiger partial charge in [-0.25, -0.2) is 0 Å². The molecule has 1 fully saturated rings. The highest BCUT2D eigenvalue weighted by molar-refractivity contribution is 5.17. The van der Waals surface area contributed by atoms with Crippen LogP contribution in [0.5, 0.6) is 0 Å². The number of aliphatic hydroxyl groups excluding tert-OH is 1. The van der Waals surface area contributed by atoms with E-state index >= 15 is 0 Å². The van der Waals surface area contributed by atoms with Gasteiger partial charge >= 0.3 is 0 Å². The molecular weight excluding hydrogens is 238 g/mol. The molecule has 0 aliphatic carbocycles. The van der Waals surface area contributed by atoms with E-state index in [9.17, 15) is 0 Å². The number of nitrogens with two attached hydrogens (primary N) is 1. The fourth-order valence-corrected chi connectivity index (χ4v) is 3.18. The summed E-state index contributed by atoms with van der Waals surface area (Å²) in [7, 11) is 0. The third-order valence-electron chi connectivity index (χ3n) is 4.03. The molecule has 0 saturated carbocycles. The molecule has 0 aromatic carbocycles. The number of pyridine rings is 1. The molecule has 0 radical (unpaired) electrons. The largest absolute Gasteiger partial charge is 0.396 e. The summed E-state index contributed by atoms with van der Waals surface area (Å²) >= 11 is 0. The highest BCUT2D eigenvalue weighted by Gasteiger charge is 2.28. The van der Waals surface area contributed by atoms with Crippen molar-refractivity contribution in [3.8, 4) is 0 Å². The van der Waals surface area contributed by atoms with E-state index in [0.717, 1.165) is 19.5 Å². The number of nitrogens with zero attached hydrogens (tertiary/aromatic N) is 2. The normalized spacial score (nSPS) is 24.1. The minimum Gasteiger partial charge on any atom is -0.396 e. The first-order chi connectivity index (χ1) is 9.22. The molecule has 4 heteroatoms. The van der Waals surface area contributed by atoms with Gasteiger partial charge in [0.2, 0.25) is 0 Å². The SMILES string of the molecule is CC(N)C(c1ccncc1)N1CCCC(CCO)C1. The molecule has 2 rings (SSSR count). The lowest BCUT2D eigenvalue weighted by atomic mass is 9.91. The molecule has 106 valence electrons. The predicted molar refractivity (Wildman–Crippen MR) is 76.6 cm³/mol. The molecule has 1 aromatic heterocycles.